The number of nitrogens with one attached hydrogen (secondary N) is 2. The minimum absolute atomic E-state index is 0.0295. The summed E-state index contributed by atoms with van der Waals surface area (Å²) in [6.45, 7) is 5.74. The van der Waals surface area contributed by atoms with Crippen molar-refractivity contribution in [3.63, 3.8) is 0 Å². The number of nitrogens with zero attached hydrogens (tertiary/aromatic N) is 2. The molecule has 124 valence electrons. The summed E-state index contributed by atoms with van der Waals surface area (Å²) < 4.78 is 0.817. The molecule has 0 saturated carbocycles. The summed E-state index contributed by atoms with van der Waals surface area (Å²) in [6, 6.07) is 8.24. The van der Waals surface area contributed by atoms with Crippen molar-refractivity contribution in [3.8, 4) is 0 Å². The standard InChI is InChI=1S/C16H22N4OS2/c1-3-9-18-15-19-20-16(23-15)22-11-14(21)17-10-8-13-7-5-4-6-12(13)2/h4-7H,3,8-11H2,1-2H3,(H,17,21)(H,18,19). The highest BCUT2D eigenvalue weighted by Crippen LogP contribution is 2.25. The second-order valence-electron chi connectivity index (χ2n) is 5.12. The molecule has 0 fully saturated rings. The first kappa shape index (κ1) is 17.7. The Labute approximate surface area is 145 Å². The van der Waals surface area contributed by atoms with Gasteiger partial charge in [-0.15, -0.1) is 10.2 Å². The lowest BCUT2D eigenvalue weighted by molar-refractivity contribution is -0.118. The summed E-state index contributed by atoms with van der Waals surface area (Å²) in [6.07, 6.45) is 1.90. The maximum atomic E-state index is 11.9. The zero-order valence-corrected chi connectivity index (χ0v) is 15.1. The van der Waals surface area contributed by atoms with Gasteiger partial charge in [0.05, 0.1) is 5.75 Å². The number of amides is 1. The number of carbonyl (C=O) groups excluding carboxylic acids is 1. The normalized spacial score (nSPS) is 10.5. The first-order valence-electron chi connectivity index (χ1n) is 7.70. The second-order valence-corrected chi connectivity index (χ2v) is 7.31. The fraction of sp³-hybridized carbons (Fsp3) is 0.438. The van der Waals surface area contributed by atoms with Crippen molar-refractivity contribution in [1.29, 1.82) is 0 Å². The molecule has 1 amide bonds. The third kappa shape index (κ3) is 6.19. The molecule has 0 aliphatic carbocycles. The quantitative estimate of drug-likeness (QED) is 0.680. The smallest absolute Gasteiger partial charge is 0.230 e. The molecule has 1 aromatic heterocycles. The molecule has 0 aliphatic rings. The van der Waals surface area contributed by atoms with E-state index < -0.39 is 0 Å². The van der Waals surface area contributed by atoms with Gasteiger partial charge in [0.15, 0.2) is 4.34 Å². The predicted molar refractivity (Wildman–Crippen MR) is 97.3 cm³/mol. The van der Waals surface area contributed by atoms with E-state index in [1.54, 1.807) is 0 Å². The van der Waals surface area contributed by atoms with Crippen LogP contribution in [0.3, 0.4) is 0 Å². The van der Waals surface area contributed by atoms with E-state index in [-0.39, 0.29) is 5.91 Å². The van der Waals surface area contributed by atoms with Crippen LogP contribution in [0, 0.1) is 6.92 Å². The molecule has 2 aromatic rings. The molecule has 2 N–H and O–H groups in total. The minimum atomic E-state index is 0.0295. The Morgan fingerprint density at radius 2 is 2.09 bits per heavy atom. The lowest BCUT2D eigenvalue weighted by Gasteiger charge is -2.06. The lowest BCUT2D eigenvalue weighted by atomic mass is 10.1. The van der Waals surface area contributed by atoms with E-state index >= 15 is 0 Å². The monoisotopic (exact) mass is 350 g/mol. The largest absolute Gasteiger partial charge is 0.360 e. The van der Waals surface area contributed by atoms with Crippen molar-refractivity contribution in [2.75, 3.05) is 24.2 Å². The highest BCUT2D eigenvalue weighted by Gasteiger charge is 2.08. The van der Waals surface area contributed by atoms with Gasteiger partial charge < -0.3 is 10.6 Å². The van der Waals surface area contributed by atoms with Gasteiger partial charge in [0.2, 0.25) is 11.0 Å². The Morgan fingerprint density at radius 1 is 1.26 bits per heavy atom. The van der Waals surface area contributed by atoms with Crippen molar-refractivity contribution >= 4 is 34.1 Å². The average Bonchev–Trinajstić information content (AvgIpc) is 3.01. The molecule has 0 aliphatic heterocycles. The summed E-state index contributed by atoms with van der Waals surface area (Å²) >= 11 is 2.91. The van der Waals surface area contributed by atoms with Gasteiger partial charge in [-0.1, -0.05) is 54.3 Å². The van der Waals surface area contributed by atoms with E-state index in [0.29, 0.717) is 12.3 Å². The predicted octanol–water partition coefficient (Wildman–Crippen LogP) is 3.12. The average molecular weight is 351 g/mol. The van der Waals surface area contributed by atoms with Crippen LogP contribution in [0.15, 0.2) is 28.6 Å². The van der Waals surface area contributed by atoms with Crippen LogP contribution in [0.2, 0.25) is 0 Å². The Hall–Kier alpha value is -1.60. The van der Waals surface area contributed by atoms with Gasteiger partial charge in [-0.3, -0.25) is 4.79 Å². The Morgan fingerprint density at radius 3 is 2.87 bits per heavy atom. The van der Waals surface area contributed by atoms with Crippen molar-refractivity contribution in [3.05, 3.63) is 35.4 Å². The van der Waals surface area contributed by atoms with Crippen molar-refractivity contribution in [1.82, 2.24) is 15.5 Å². The number of hydrogen-bond acceptors (Lipinski definition) is 6. The van der Waals surface area contributed by atoms with Crippen molar-refractivity contribution in [2.24, 2.45) is 0 Å². The number of rotatable bonds is 9. The van der Waals surface area contributed by atoms with E-state index in [0.717, 1.165) is 28.9 Å². The highest BCUT2D eigenvalue weighted by atomic mass is 32.2. The number of anilines is 1. The van der Waals surface area contributed by atoms with Gasteiger partial charge in [0.25, 0.3) is 0 Å². The zero-order chi connectivity index (χ0) is 16.5. The number of benzene rings is 1. The van der Waals surface area contributed by atoms with Crippen LogP contribution >= 0.6 is 23.1 Å². The van der Waals surface area contributed by atoms with Crippen LogP contribution in [0.5, 0.6) is 0 Å². The molecule has 0 spiro atoms. The molecule has 0 radical (unpaired) electrons. The van der Waals surface area contributed by atoms with Crippen LogP contribution in [-0.2, 0) is 11.2 Å². The number of carbonyl (C=O) groups is 1. The van der Waals surface area contributed by atoms with Crippen molar-refractivity contribution in [2.45, 2.75) is 31.0 Å². The Balaban J connectivity index is 1.67. The molecule has 2 rings (SSSR count). The van der Waals surface area contributed by atoms with E-state index in [1.165, 1.54) is 34.2 Å². The summed E-state index contributed by atoms with van der Waals surface area (Å²) in [5, 5.41) is 15.1. The number of thioether (sulfide) groups is 1. The number of aromatic nitrogens is 2. The summed E-state index contributed by atoms with van der Waals surface area (Å²) in [4.78, 5) is 11.9. The van der Waals surface area contributed by atoms with Gasteiger partial charge in [-0.2, -0.15) is 0 Å². The first-order chi connectivity index (χ1) is 11.2. The van der Waals surface area contributed by atoms with Gasteiger partial charge >= 0.3 is 0 Å². The fourth-order valence-corrected chi connectivity index (χ4v) is 3.58. The molecule has 1 heterocycles. The van der Waals surface area contributed by atoms with Gasteiger partial charge in [0.1, 0.15) is 0 Å². The minimum Gasteiger partial charge on any atom is -0.360 e. The molecular formula is C16H22N4OS2. The third-order valence-electron chi connectivity index (χ3n) is 3.24. The van der Waals surface area contributed by atoms with Gasteiger partial charge in [-0.25, -0.2) is 0 Å². The zero-order valence-electron chi connectivity index (χ0n) is 13.5. The van der Waals surface area contributed by atoms with Crippen LogP contribution in [-0.4, -0.2) is 34.9 Å². The molecule has 0 atom stereocenters. The molecule has 1 aromatic carbocycles. The third-order valence-corrected chi connectivity index (χ3v) is 5.25. The van der Waals surface area contributed by atoms with Crippen LogP contribution < -0.4 is 10.6 Å². The fourth-order valence-electron chi connectivity index (χ4n) is 1.98. The van der Waals surface area contributed by atoms with Crippen molar-refractivity contribution < 1.29 is 4.79 Å². The van der Waals surface area contributed by atoms with E-state index in [2.05, 4.69) is 46.8 Å². The second kappa shape index (κ2) is 9.52. The molecule has 5 nitrogen and oxygen atoms in total. The summed E-state index contributed by atoms with van der Waals surface area (Å²) in [5.74, 6) is 0.401. The van der Waals surface area contributed by atoms with Gasteiger partial charge in [-0.05, 0) is 30.9 Å². The molecule has 0 saturated heterocycles. The SMILES string of the molecule is CCCNc1nnc(SCC(=O)NCCc2ccccc2C)s1. The molecule has 0 bridgehead atoms. The van der Waals surface area contributed by atoms with Crippen LogP contribution in [0.25, 0.3) is 0 Å². The number of aryl methyl sites for hydroxylation is 1. The topological polar surface area (TPSA) is 66.9 Å². The van der Waals surface area contributed by atoms with E-state index in [4.69, 9.17) is 0 Å². The number of hydrogen-bond donors (Lipinski definition) is 2. The Bertz CT molecular complexity index is 630. The molecular weight excluding hydrogens is 328 g/mol. The molecule has 23 heavy (non-hydrogen) atoms. The molecule has 7 heteroatoms. The van der Waals surface area contributed by atoms with Crippen LogP contribution in [0.1, 0.15) is 24.5 Å². The maximum Gasteiger partial charge on any atom is 0.230 e. The summed E-state index contributed by atoms with van der Waals surface area (Å²) in [7, 11) is 0. The van der Waals surface area contributed by atoms with Crippen LogP contribution in [0.4, 0.5) is 5.13 Å². The van der Waals surface area contributed by atoms with Gasteiger partial charge in [0, 0.05) is 13.1 Å². The molecule has 0 unspecified atom stereocenters. The van der Waals surface area contributed by atoms with E-state index in [9.17, 15) is 4.79 Å². The maximum absolute atomic E-state index is 11.9. The lowest BCUT2D eigenvalue weighted by Crippen LogP contribution is -2.27. The highest BCUT2D eigenvalue weighted by molar-refractivity contribution is 8.01. The first-order valence-corrected chi connectivity index (χ1v) is 9.50. The Kier molecular flexibility index (Phi) is 7.35. The summed E-state index contributed by atoms with van der Waals surface area (Å²) in [5.41, 5.74) is 2.54. The van der Waals surface area contributed by atoms with E-state index in [1.807, 2.05) is 12.1 Å².